The number of halogens is 1. The Balaban J connectivity index is 1.56. The number of carbonyl (C=O) groups excluding carboxylic acids is 1. The minimum absolute atomic E-state index is 0.0460. The lowest BCUT2D eigenvalue weighted by atomic mass is 10.1. The molecule has 2 aromatic heterocycles. The summed E-state index contributed by atoms with van der Waals surface area (Å²) in [6, 6.07) is 8.81. The monoisotopic (exact) mass is 493 g/mol. The summed E-state index contributed by atoms with van der Waals surface area (Å²) in [7, 11) is 0. The van der Waals surface area contributed by atoms with E-state index in [1.807, 2.05) is 19.9 Å². The fourth-order valence-electron chi connectivity index (χ4n) is 3.60. The van der Waals surface area contributed by atoms with Gasteiger partial charge in [0.25, 0.3) is 5.89 Å². The molecular formula is C25H24ClN5O4. The van der Waals surface area contributed by atoms with Crippen molar-refractivity contribution >= 4 is 34.2 Å². The molecule has 0 fully saturated rings. The van der Waals surface area contributed by atoms with Gasteiger partial charge >= 0.3 is 5.97 Å². The molecule has 0 aliphatic rings. The first kappa shape index (κ1) is 24.2. The number of aromatic nitrogens is 4. The highest BCUT2D eigenvalue weighted by Gasteiger charge is 2.17. The van der Waals surface area contributed by atoms with Gasteiger partial charge in [0.05, 0.1) is 36.0 Å². The lowest BCUT2D eigenvalue weighted by Crippen LogP contribution is -2.07. The van der Waals surface area contributed by atoms with E-state index in [0.29, 0.717) is 59.4 Å². The van der Waals surface area contributed by atoms with Crippen LogP contribution in [0.3, 0.4) is 0 Å². The van der Waals surface area contributed by atoms with E-state index in [4.69, 9.17) is 32.2 Å². The first-order chi connectivity index (χ1) is 16.9. The van der Waals surface area contributed by atoms with Gasteiger partial charge in [-0.3, -0.25) is 9.48 Å². The van der Waals surface area contributed by atoms with Gasteiger partial charge in [0.1, 0.15) is 5.75 Å². The molecule has 35 heavy (non-hydrogen) atoms. The van der Waals surface area contributed by atoms with Crippen LogP contribution in [0.1, 0.15) is 33.6 Å². The Kier molecular flexibility index (Phi) is 7.32. The Morgan fingerprint density at radius 1 is 1.29 bits per heavy atom. The summed E-state index contributed by atoms with van der Waals surface area (Å²) >= 11 is 6.57. The summed E-state index contributed by atoms with van der Waals surface area (Å²) in [6.07, 6.45) is 2.62. The molecule has 0 atom stereocenters. The van der Waals surface area contributed by atoms with E-state index in [1.54, 1.807) is 42.1 Å². The van der Waals surface area contributed by atoms with E-state index in [-0.39, 0.29) is 18.0 Å². The largest absolute Gasteiger partial charge is 0.502 e. The maximum Gasteiger partial charge on any atom is 0.305 e. The van der Waals surface area contributed by atoms with Crippen molar-refractivity contribution in [3.63, 3.8) is 0 Å². The molecule has 9 nitrogen and oxygen atoms in total. The van der Waals surface area contributed by atoms with E-state index in [9.17, 15) is 4.79 Å². The van der Waals surface area contributed by atoms with Crippen molar-refractivity contribution in [1.82, 2.24) is 19.9 Å². The molecule has 0 amide bonds. The second kappa shape index (κ2) is 10.6. The average Bonchev–Trinajstić information content (AvgIpc) is 3.46. The summed E-state index contributed by atoms with van der Waals surface area (Å²) < 4.78 is 17.9. The van der Waals surface area contributed by atoms with Crippen LogP contribution < -0.4 is 4.74 Å². The first-order valence-electron chi connectivity index (χ1n) is 11.2. The normalized spacial score (nSPS) is 11.1. The molecule has 0 saturated heterocycles. The van der Waals surface area contributed by atoms with Crippen LogP contribution in [-0.4, -0.2) is 38.6 Å². The van der Waals surface area contributed by atoms with Crippen molar-refractivity contribution in [2.24, 2.45) is 0 Å². The fraction of sp³-hybridized carbons (Fsp3) is 0.320. The van der Waals surface area contributed by atoms with Crippen molar-refractivity contribution in [3.05, 3.63) is 53.0 Å². The molecule has 180 valence electrons. The van der Waals surface area contributed by atoms with Crippen molar-refractivity contribution in [1.29, 1.82) is 0 Å². The predicted molar refractivity (Wildman–Crippen MR) is 131 cm³/mol. The van der Waals surface area contributed by atoms with E-state index in [2.05, 4.69) is 20.1 Å². The second-order valence-electron chi connectivity index (χ2n) is 8.05. The molecule has 2 aromatic carbocycles. The van der Waals surface area contributed by atoms with Crippen LogP contribution in [-0.2, 0) is 16.1 Å². The minimum Gasteiger partial charge on any atom is -0.502 e. The van der Waals surface area contributed by atoms with Crippen LogP contribution in [0, 0.1) is 6.57 Å². The first-order valence-corrected chi connectivity index (χ1v) is 11.6. The molecule has 0 spiro atoms. The smallest absolute Gasteiger partial charge is 0.305 e. The minimum atomic E-state index is -0.220. The van der Waals surface area contributed by atoms with Crippen molar-refractivity contribution < 1.29 is 18.8 Å². The highest BCUT2D eigenvalue weighted by molar-refractivity contribution is 6.34. The second-order valence-corrected chi connectivity index (χ2v) is 8.46. The van der Waals surface area contributed by atoms with Crippen molar-refractivity contribution in [2.45, 2.75) is 46.3 Å². The summed E-state index contributed by atoms with van der Waals surface area (Å²) in [5.74, 6) is 0.884. The Bertz CT molecular complexity index is 1400. The van der Waals surface area contributed by atoms with Crippen molar-refractivity contribution in [2.75, 3.05) is 6.61 Å². The van der Waals surface area contributed by atoms with Crippen molar-refractivity contribution in [3.8, 4) is 28.6 Å². The quantitative estimate of drug-likeness (QED) is 0.205. The Hall–Kier alpha value is -3.90. The van der Waals surface area contributed by atoms with Gasteiger partial charge in [0.2, 0.25) is 11.5 Å². The molecule has 10 heteroatoms. The zero-order chi connectivity index (χ0) is 24.9. The van der Waals surface area contributed by atoms with E-state index < -0.39 is 0 Å². The standard InChI is InChI=1S/C25H24ClN5O4/c1-5-33-23(32)7-6-10-31-21-13-19(26)18(11-17(21)14-28-31)24-29-25(35-30-24)16-8-9-22(34-15(2)3)20(12-16)27-4/h8-9,11-15H,5-7,10H2,1-3H3. The average molecular weight is 494 g/mol. The van der Waals surface area contributed by atoms with Crippen LogP contribution >= 0.6 is 11.6 Å². The fourth-order valence-corrected chi connectivity index (χ4v) is 3.84. The molecule has 0 aliphatic heterocycles. The lowest BCUT2D eigenvalue weighted by molar-refractivity contribution is -0.143. The van der Waals surface area contributed by atoms with Gasteiger partial charge in [-0.15, -0.1) is 0 Å². The Morgan fingerprint density at radius 3 is 2.86 bits per heavy atom. The number of hydrogen-bond acceptors (Lipinski definition) is 7. The van der Waals surface area contributed by atoms with E-state index in [1.165, 1.54) is 0 Å². The third-order valence-corrected chi connectivity index (χ3v) is 5.46. The number of aryl methyl sites for hydroxylation is 1. The van der Waals surface area contributed by atoms with Gasteiger partial charge in [0, 0.05) is 29.5 Å². The van der Waals surface area contributed by atoms with Gasteiger partial charge in [0.15, 0.2) is 0 Å². The number of carbonyl (C=O) groups is 1. The van der Waals surface area contributed by atoms with Crippen LogP contribution in [0.5, 0.6) is 5.75 Å². The highest BCUT2D eigenvalue weighted by Crippen LogP contribution is 2.35. The van der Waals surface area contributed by atoms with E-state index in [0.717, 1.165) is 10.9 Å². The molecule has 4 rings (SSSR count). The third kappa shape index (κ3) is 5.44. The van der Waals surface area contributed by atoms with Gasteiger partial charge in [-0.2, -0.15) is 10.1 Å². The predicted octanol–water partition coefficient (Wildman–Crippen LogP) is 6.09. The third-order valence-electron chi connectivity index (χ3n) is 5.14. The molecule has 0 aliphatic carbocycles. The topological polar surface area (TPSA) is 96.6 Å². The zero-order valence-corrected chi connectivity index (χ0v) is 20.4. The summed E-state index contributed by atoms with van der Waals surface area (Å²) in [6.45, 7) is 14.0. The number of rotatable bonds is 9. The van der Waals surface area contributed by atoms with Crippen LogP contribution in [0.25, 0.3) is 38.6 Å². The Labute approximate surface area is 207 Å². The SMILES string of the molecule is [C-]#[N+]c1cc(-c2nc(-c3cc4cnn(CCCC(=O)OCC)c4cc3Cl)no2)ccc1OC(C)C. The van der Waals surface area contributed by atoms with E-state index >= 15 is 0 Å². The van der Waals surface area contributed by atoms with Gasteiger partial charge in [-0.25, -0.2) is 4.85 Å². The number of esters is 1. The molecule has 0 N–H and O–H groups in total. The van der Waals surface area contributed by atoms with Crippen LogP contribution in [0.15, 0.2) is 41.1 Å². The van der Waals surface area contributed by atoms with Gasteiger partial charge in [-0.1, -0.05) is 16.8 Å². The lowest BCUT2D eigenvalue weighted by Gasteiger charge is -2.11. The number of fused-ring (bicyclic) bond motifs is 1. The van der Waals surface area contributed by atoms with Crippen LogP contribution in [0.2, 0.25) is 5.02 Å². The zero-order valence-electron chi connectivity index (χ0n) is 19.6. The number of ether oxygens (including phenoxy) is 2. The number of hydrogen-bond donors (Lipinski definition) is 0. The molecule has 0 radical (unpaired) electrons. The molecule has 4 aromatic rings. The summed E-state index contributed by atoms with van der Waals surface area (Å²) in [4.78, 5) is 19.6. The highest BCUT2D eigenvalue weighted by atomic mass is 35.5. The molecule has 0 unspecified atom stereocenters. The molecule has 0 bridgehead atoms. The Morgan fingerprint density at radius 2 is 2.11 bits per heavy atom. The summed E-state index contributed by atoms with van der Waals surface area (Å²) in [5.41, 5.74) is 2.42. The molecule has 2 heterocycles. The number of nitrogens with zero attached hydrogens (tertiary/aromatic N) is 5. The maximum absolute atomic E-state index is 11.6. The van der Waals surface area contributed by atoms with Crippen LogP contribution in [0.4, 0.5) is 5.69 Å². The van der Waals surface area contributed by atoms with Gasteiger partial charge in [-0.05, 0) is 57.5 Å². The molecule has 0 saturated carbocycles. The molecular weight excluding hydrogens is 470 g/mol. The maximum atomic E-state index is 11.6. The van der Waals surface area contributed by atoms with Gasteiger partial charge < -0.3 is 14.0 Å². The summed E-state index contributed by atoms with van der Waals surface area (Å²) in [5, 5.41) is 9.81. The number of benzene rings is 2.